The van der Waals surface area contributed by atoms with Crippen LogP contribution in [0.15, 0.2) is 48.6 Å². The van der Waals surface area contributed by atoms with Crippen LogP contribution in [0.3, 0.4) is 0 Å². The summed E-state index contributed by atoms with van der Waals surface area (Å²) in [7, 11) is 0. The molecule has 0 aliphatic rings. The summed E-state index contributed by atoms with van der Waals surface area (Å²) in [6, 6.07) is 0. The van der Waals surface area contributed by atoms with Crippen molar-refractivity contribution in [2.24, 2.45) is 0 Å². The number of carbonyl (C=O) groups is 3. The average Bonchev–Trinajstić information content (AvgIpc) is 3.18. The van der Waals surface area contributed by atoms with E-state index in [-0.39, 0.29) is 37.5 Å². The zero-order chi connectivity index (χ0) is 40.1. The lowest BCUT2D eigenvalue weighted by Gasteiger charge is -2.18. The topological polar surface area (TPSA) is 78.9 Å². The fourth-order valence-electron chi connectivity index (χ4n) is 6.34. The molecule has 55 heavy (non-hydrogen) atoms. The maximum Gasteiger partial charge on any atom is 0.306 e. The van der Waals surface area contributed by atoms with E-state index in [1.165, 1.54) is 109 Å². The summed E-state index contributed by atoms with van der Waals surface area (Å²) in [4.78, 5) is 37.6. The first-order chi connectivity index (χ1) is 27.0. The molecule has 0 N–H and O–H groups in total. The number of ether oxygens (including phenoxy) is 3. The Bertz CT molecular complexity index is 980. The number of hydrogen-bond donors (Lipinski definition) is 0. The number of unbranched alkanes of at least 4 members (excludes halogenated alkanes) is 22. The zero-order valence-electron chi connectivity index (χ0n) is 36.2. The predicted octanol–water partition coefficient (Wildman–Crippen LogP) is 14.8. The Kier molecular flexibility index (Phi) is 42.0. The monoisotopic (exact) mass is 771 g/mol. The Morgan fingerprint density at radius 2 is 0.727 bits per heavy atom. The van der Waals surface area contributed by atoms with Gasteiger partial charge >= 0.3 is 17.9 Å². The maximum absolute atomic E-state index is 12.6. The molecule has 0 amide bonds. The Balaban J connectivity index is 4.27. The number of rotatable bonds is 41. The summed E-state index contributed by atoms with van der Waals surface area (Å²) in [6.45, 7) is 6.44. The van der Waals surface area contributed by atoms with Crippen molar-refractivity contribution >= 4 is 17.9 Å². The lowest BCUT2D eigenvalue weighted by Crippen LogP contribution is -2.30. The lowest BCUT2D eigenvalue weighted by molar-refractivity contribution is -0.167. The molecule has 0 aromatic carbocycles. The minimum atomic E-state index is -0.784. The number of allylic oxidation sites excluding steroid dienone is 8. The number of carbonyl (C=O) groups excluding carboxylic acids is 3. The molecule has 0 heterocycles. The van der Waals surface area contributed by atoms with Gasteiger partial charge in [-0.1, -0.05) is 185 Å². The molecular formula is C49H86O6. The van der Waals surface area contributed by atoms with Crippen LogP contribution in [0, 0.1) is 0 Å². The van der Waals surface area contributed by atoms with Crippen LogP contribution in [0.4, 0.5) is 0 Å². The molecule has 0 rings (SSSR count). The molecule has 0 spiro atoms. The van der Waals surface area contributed by atoms with Crippen LogP contribution in [0.25, 0.3) is 0 Å². The summed E-state index contributed by atoms with van der Waals surface area (Å²) < 4.78 is 16.6. The van der Waals surface area contributed by atoms with Gasteiger partial charge in [-0.3, -0.25) is 14.4 Å². The number of esters is 3. The van der Waals surface area contributed by atoms with Crippen LogP contribution in [-0.4, -0.2) is 37.2 Å². The van der Waals surface area contributed by atoms with Gasteiger partial charge in [0, 0.05) is 19.3 Å². The van der Waals surface area contributed by atoms with E-state index in [4.69, 9.17) is 14.2 Å². The van der Waals surface area contributed by atoms with E-state index in [0.29, 0.717) is 19.3 Å². The first-order valence-corrected chi connectivity index (χ1v) is 23.1. The van der Waals surface area contributed by atoms with Crippen LogP contribution >= 0.6 is 0 Å². The summed E-state index contributed by atoms with van der Waals surface area (Å²) in [5.41, 5.74) is 0. The Labute approximate surface area is 339 Å². The highest BCUT2D eigenvalue weighted by Gasteiger charge is 2.19. The second-order valence-electron chi connectivity index (χ2n) is 15.3. The van der Waals surface area contributed by atoms with Crippen molar-refractivity contribution in [3.05, 3.63) is 48.6 Å². The first-order valence-electron chi connectivity index (χ1n) is 23.1. The maximum atomic E-state index is 12.6. The van der Waals surface area contributed by atoms with Crippen molar-refractivity contribution in [2.75, 3.05) is 13.2 Å². The van der Waals surface area contributed by atoms with Crippen LogP contribution in [0.2, 0.25) is 0 Å². The normalized spacial score (nSPS) is 12.4. The molecule has 1 atom stereocenters. The second-order valence-corrected chi connectivity index (χ2v) is 15.3. The standard InChI is InChI=1S/C49H86O6/c1-4-7-10-13-16-19-20-21-22-23-24-25-26-27-28-31-33-36-39-42-48(51)54-45-46(55-49(52)43-40-37-34-30-18-15-12-9-6-3)44-53-47(50)41-38-35-32-29-17-14-11-8-5-2/h7,10,16,19,21-22,30,34,46H,4-6,8-9,11-15,17-18,20,23-29,31-33,35-45H2,1-3H3/b10-7-,19-16-,22-21-,34-30-. The summed E-state index contributed by atoms with van der Waals surface area (Å²) >= 11 is 0. The minimum absolute atomic E-state index is 0.0847. The quantitative estimate of drug-likeness (QED) is 0.0267. The molecule has 0 saturated heterocycles. The first kappa shape index (κ1) is 52.4. The predicted molar refractivity (Wildman–Crippen MR) is 233 cm³/mol. The van der Waals surface area contributed by atoms with Gasteiger partial charge < -0.3 is 14.2 Å². The summed E-state index contributed by atoms with van der Waals surface area (Å²) in [5, 5.41) is 0. The van der Waals surface area contributed by atoms with Gasteiger partial charge in [0.25, 0.3) is 0 Å². The Morgan fingerprint density at radius 3 is 1.20 bits per heavy atom. The van der Waals surface area contributed by atoms with Crippen molar-refractivity contribution in [1.82, 2.24) is 0 Å². The largest absolute Gasteiger partial charge is 0.462 e. The molecule has 0 aromatic heterocycles. The van der Waals surface area contributed by atoms with E-state index in [1.54, 1.807) is 0 Å². The van der Waals surface area contributed by atoms with Gasteiger partial charge in [0.1, 0.15) is 13.2 Å². The molecule has 318 valence electrons. The highest BCUT2D eigenvalue weighted by atomic mass is 16.6. The van der Waals surface area contributed by atoms with Crippen molar-refractivity contribution in [3.63, 3.8) is 0 Å². The van der Waals surface area contributed by atoms with Crippen molar-refractivity contribution in [2.45, 2.75) is 232 Å². The average molecular weight is 771 g/mol. The molecule has 0 fully saturated rings. The third-order valence-electron chi connectivity index (χ3n) is 9.82. The molecule has 0 aromatic rings. The van der Waals surface area contributed by atoms with Crippen LogP contribution < -0.4 is 0 Å². The Hall–Kier alpha value is -2.63. The van der Waals surface area contributed by atoms with E-state index in [9.17, 15) is 14.4 Å². The fraction of sp³-hybridized carbons (Fsp3) is 0.776. The molecule has 0 aliphatic heterocycles. The van der Waals surface area contributed by atoms with Crippen LogP contribution in [0.1, 0.15) is 226 Å². The third kappa shape index (κ3) is 42.4. The lowest BCUT2D eigenvalue weighted by atomic mass is 10.1. The van der Waals surface area contributed by atoms with E-state index in [0.717, 1.165) is 70.6 Å². The highest BCUT2D eigenvalue weighted by Crippen LogP contribution is 2.14. The van der Waals surface area contributed by atoms with Gasteiger partial charge in [-0.05, 0) is 70.6 Å². The van der Waals surface area contributed by atoms with Crippen molar-refractivity contribution < 1.29 is 28.6 Å². The molecule has 6 nitrogen and oxygen atoms in total. The molecular weight excluding hydrogens is 685 g/mol. The third-order valence-corrected chi connectivity index (χ3v) is 9.82. The fourth-order valence-corrected chi connectivity index (χ4v) is 6.34. The van der Waals surface area contributed by atoms with Gasteiger partial charge in [0.2, 0.25) is 0 Å². The van der Waals surface area contributed by atoms with Crippen molar-refractivity contribution in [3.8, 4) is 0 Å². The van der Waals surface area contributed by atoms with E-state index in [1.807, 2.05) is 0 Å². The van der Waals surface area contributed by atoms with Gasteiger partial charge in [-0.25, -0.2) is 0 Å². The summed E-state index contributed by atoms with van der Waals surface area (Å²) in [6.07, 6.45) is 51.1. The van der Waals surface area contributed by atoms with E-state index >= 15 is 0 Å². The Morgan fingerprint density at radius 1 is 0.382 bits per heavy atom. The van der Waals surface area contributed by atoms with Gasteiger partial charge in [-0.15, -0.1) is 0 Å². The smallest absolute Gasteiger partial charge is 0.306 e. The molecule has 0 saturated carbocycles. The minimum Gasteiger partial charge on any atom is -0.462 e. The van der Waals surface area contributed by atoms with Gasteiger partial charge in [0.15, 0.2) is 6.10 Å². The van der Waals surface area contributed by atoms with Crippen molar-refractivity contribution in [1.29, 1.82) is 0 Å². The molecule has 6 heteroatoms. The van der Waals surface area contributed by atoms with Gasteiger partial charge in [-0.2, -0.15) is 0 Å². The molecule has 1 unspecified atom stereocenters. The molecule has 0 radical (unpaired) electrons. The highest BCUT2D eigenvalue weighted by molar-refractivity contribution is 5.71. The van der Waals surface area contributed by atoms with E-state index < -0.39 is 6.10 Å². The van der Waals surface area contributed by atoms with Crippen LogP contribution in [0.5, 0.6) is 0 Å². The SMILES string of the molecule is CC/C=C\C/C=C\C/C=C\CCCCCCCCCCCC(=O)OCC(COC(=O)CCCCCCCCCCC)OC(=O)CCC/C=C\CCCCCC. The second kappa shape index (κ2) is 44.1. The van der Waals surface area contributed by atoms with Gasteiger partial charge in [0.05, 0.1) is 0 Å². The summed E-state index contributed by atoms with van der Waals surface area (Å²) in [5.74, 6) is -0.930. The number of hydrogen-bond acceptors (Lipinski definition) is 6. The zero-order valence-corrected chi connectivity index (χ0v) is 36.2. The van der Waals surface area contributed by atoms with E-state index in [2.05, 4.69) is 69.4 Å². The van der Waals surface area contributed by atoms with Crippen LogP contribution in [-0.2, 0) is 28.6 Å². The molecule has 0 aliphatic carbocycles. The molecule has 0 bridgehead atoms.